The van der Waals surface area contributed by atoms with Gasteiger partial charge in [0.25, 0.3) is 0 Å². The van der Waals surface area contributed by atoms with Gasteiger partial charge in [-0.25, -0.2) is 0 Å². The number of rotatable bonds is 11. The summed E-state index contributed by atoms with van der Waals surface area (Å²) in [5, 5.41) is 5.90. The van der Waals surface area contributed by atoms with Gasteiger partial charge in [0.2, 0.25) is 5.91 Å². The van der Waals surface area contributed by atoms with Crippen LogP contribution in [0.5, 0.6) is 0 Å². The highest BCUT2D eigenvalue weighted by Crippen LogP contribution is 1.90. The predicted octanol–water partition coefficient (Wildman–Crippen LogP) is 1.31. The summed E-state index contributed by atoms with van der Waals surface area (Å²) in [5.74, 6) is 0.142. The quantitative estimate of drug-likeness (QED) is 0.526. The smallest absolute Gasteiger partial charge is 0.220 e. The SMILES string of the molecule is CCCCOCCCNC(=O)CCCNC. The molecule has 4 heteroatoms. The second-order valence-corrected chi connectivity index (χ2v) is 3.88. The first kappa shape index (κ1) is 15.4. The third-order valence-corrected chi connectivity index (χ3v) is 2.26. The Morgan fingerprint density at radius 2 is 1.88 bits per heavy atom. The first-order valence-corrected chi connectivity index (χ1v) is 6.30. The van der Waals surface area contributed by atoms with Crippen LogP contribution in [0.2, 0.25) is 0 Å². The van der Waals surface area contributed by atoms with Crippen LogP contribution in [0.4, 0.5) is 0 Å². The molecule has 0 aromatic rings. The largest absolute Gasteiger partial charge is 0.381 e. The van der Waals surface area contributed by atoms with E-state index >= 15 is 0 Å². The molecule has 0 heterocycles. The van der Waals surface area contributed by atoms with Crippen molar-refractivity contribution in [2.75, 3.05) is 33.4 Å². The molecule has 0 aliphatic rings. The predicted molar refractivity (Wildman–Crippen MR) is 66.5 cm³/mol. The highest BCUT2D eigenvalue weighted by atomic mass is 16.5. The van der Waals surface area contributed by atoms with Crippen molar-refractivity contribution in [2.45, 2.75) is 39.0 Å². The number of ether oxygens (including phenoxy) is 1. The molecule has 0 bridgehead atoms. The molecule has 1 amide bonds. The summed E-state index contributed by atoms with van der Waals surface area (Å²) in [7, 11) is 1.89. The van der Waals surface area contributed by atoms with Gasteiger partial charge < -0.3 is 15.4 Å². The second kappa shape index (κ2) is 12.5. The minimum Gasteiger partial charge on any atom is -0.381 e. The average Bonchev–Trinajstić information content (AvgIpc) is 2.28. The van der Waals surface area contributed by atoms with Crippen molar-refractivity contribution in [2.24, 2.45) is 0 Å². The molecule has 0 unspecified atom stereocenters. The standard InChI is InChI=1S/C12H26N2O2/c1-3-4-10-16-11-6-9-14-12(15)7-5-8-13-2/h13H,3-11H2,1-2H3,(H,14,15). The zero-order valence-corrected chi connectivity index (χ0v) is 10.7. The fourth-order valence-electron chi connectivity index (χ4n) is 1.26. The number of hydrogen-bond acceptors (Lipinski definition) is 3. The summed E-state index contributed by atoms with van der Waals surface area (Å²) in [5.41, 5.74) is 0. The highest BCUT2D eigenvalue weighted by Gasteiger charge is 1.99. The van der Waals surface area contributed by atoms with E-state index in [0.717, 1.165) is 45.6 Å². The van der Waals surface area contributed by atoms with E-state index in [1.54, 1.807) is 0 Å². The first-order valence-electron chi connectivity index (χ1n) is 6.30. The summed E-state index contributed by atoms with van der Waals surface area (Å²) in [6.45, 7) is 5.36. The third kappa shape index (κ3) is 11.5. The van der Waals surface area contributed by atoms with Gasteiger partial charge in [-0.05, 0) is 32.9 Å². The van der Waals surface area contributed by atoms with Crippen molar-refractivity contribution in [3.8, 4) is 0 Å². The Morgan fingerprint density at radius 1 is 1.12 bits per heavy atom. The summed E-state index contributed by atoms with van der Waals surface area (Å²) in [4.78, 5) is 11.3. The molecular weight excluding hydrogens is 204 g/mol. The maximum absolute atomic E-state index is 11.3. The van der Waals surface area contributed by atoms with Crippen LogP contribution in [0.3, 0.4) is 0 Å². The van der Waals surface area contributed by atoms with E-state index in [-0.39, 0.29) is 5.91 Å². The van der Waals surface area contributed by atoms with Crippen LogP contribution in [0, 0.1) is 0 Å². The minimum atomic E-state index is 0.142. The average molecular weight is 230 g/mol. The lowest BCUT2D eigenvalue weighted by molar-refractivity contribution is -0.121. The van der Waals surface area contributed by atoms with Crippen molar-refractivity contribution >= 4 is 5.91 Å². The van der Waals surface area contributed by atoms with E-state index in [9.17, 15) is 4.79 Å². The molecule has 16 heavy (non-hydrogen) atoms. The lowest BCUT2D eigenvalue weighted by atomic mass is 10.3. The van der Waals surface area contributed by atoms with Gasteiger partial charge in [-0.2, -0.15) is 0 Å². The van der Waals surface area contributed by atoms with Gasteiger partial charge in [0, 0.05) is 26.2 Å². The van der Waals surface area contributed by atoms with E-state index in [2.05, 4.69) is 17.6 Å². The van der Waals surface area contributed by atoms with E-state index < -0.39 is 0 Å². The Balaban J connectivity index is 3.09. The van der Waals surface area contributed by atoms with Crippen LogP contribution in [-0.2, 0) is 9.53 Å². The topological polar surface area (TPSA) is 50.4 Å². The van der Waals surface area contributed by atoms with Gasteiger partial charge in [-0.1, -0.05) is 13.3 Å². The fraction of sp³-hybridized carbons (Fsp3) is 0.917. The molecule has 0 spiro atoms. The molecule has 96 valence electrons. The van der Waals surface area contributed by atoms with Crippen molar-refractivity contribution in [1.82, 2.24) is 10.6 Å². The van der Waals surface area contributed by atoms with Gasteiger partial charge in [-0.3, -0.25) is 4.79 Å². The number of unbranched alkanes of at least 4 members (excludes halogenated alkanes) is 1. The summed E-state index contributed by atoms with van der Waals surface area (Å²) in [6, 6.07) is 0. The van der Waals surface area contributed by atoms with Crippen LogP contribution < -0.4 is 10.6 Å². The first-order chi connectivity index (χ1) is 7.81. The zero-order chi connectivity index (χ0) is 12.1. The molecule has 0 saturated carbocycles. The summed E-state index contributed by atoms with van der Waals surface area (Å²) < 4.78 is 5.39. The lowest BCUT2D eigenvalue weighted by Gasteiger charge is -2.05. The van der Waals surface area contributed by atoms with E-state index in [1.807, 2.05) is 7.05 Å². The van der Waals surface area contributed by atoms with Crippen LogP contribution in [0.15, 0.2) is 0 Å². The molecule has 0 radical (unpaired) electrons. The van der Waals surface area contributed by atoms with Crippen LogP contribution in [0.1, 0.15) is 39.0 Å². The number of hydrogen-bond donors (Lipinski definition) is 2. The lowest BCUT2D eigenvalue weighted by Crippen LogP contribution is -2.25. The zero-order valence-electron chi connectivity index (χ0n) is 10.7. The van der Waals surface area contributed by atoms with Crippen LogP contribution in [0.25, 0.3) is 0 Å². The van der Waals surface area contributed by atoms with E-state index in [0.29, 0.717) is 6.42 Å². The molecule has 0 rings (SSSR count). The normalized spacial score (nSPS) is 10.4. The van der Waals surface area contributed by atoms with Crippen LogP contribution >= 0.6 is 0 Å². The monoisotopic (exact) mass is 230 g/mol. The highest BCUT2D eigenvalue weighted by molar-refractivity contribution is 5.75. The Hall–Kier alpha value is -0.610. The third-order valence-electron chi connectivity index (χ3n) is 2.26. The Morgan fingerprint density at radius 3 is 2.56 bits per heavy atom. The maximum Gasteiger partial charge on any atom is 0.220 e. The molecule has 0 aliphatic heterocycles. The molecule has 2 N–H and O–H groups in total. The molecule has 0 atom stereocenters. The molecule has 0 aromatic carbocycles. The summed E-state index contributed by atoms with van der Waals surface area (Å²) in [6.07, 6.45) is 4.70. The number of nitrogens with one attached hydrogen (secondary N) is 2. The van der Waals surface area contributed by atoms with Crippen molar-refractivity contribution in [3.63, 3.8) is 0 Å². The molecule has 0 fully saturated rings. The fourth-order valence-corrected chi connectivity index (χ4v) is 1.26. The Kier molecular flexibility index (Phi) is 12.0. The van der Waals surface area contributed by atoms with E-state index in [1.165, 1.54) is 6.42 Å². The van der Waals surface area contributed by atoms with Gasteiger partial charge >= 0.3 is 0 Å². The van der Waals surface area contributed by atoms with Gasteiger partial charge in [0.05, 0.1) is 0 Å². The molecule has 4 nitrogen and oxygen atoms in total. The van der Waals surface area contributed by atoms with Gasteiger partial charge in [-0.15, -0.1) is 0 Å². The molecular formula is C12H26N2O2. The van der Waals surface area contributed by atoms with Crippen molar-refractivity contribution in [3.05, 3.63) is 0 Å². The van der Waals surface area contributed by atoms with Crippen molar-refractivity contribution < 1.29 is 9.53 Å². The summed E-state index contributed by atoms with van der Waals surface area (Å²) >= 11 is 0. The Bertz CT molecular complexity index is 163. The number of carbonyl (C=O) groups excluding carboxylic acids is 1. The second-order valence-electron chi connectivity index (χ2n) is 3.88. The molecule has 0 aromatic heterocycles. The van der Waals surface area contributed by atoms with Gasteiger partial charge in [0.1, 0.15) is 0 Å². The van der Waals surface area contributed by atoms with E-state index in [4.69, 9.17) is 4.74 Å². The minimum absolute atomic E-state index is 0.142. The number of carbonyl (C=O) groups is 1. The Labute approximate surface area is 99.1 Å². The van der Waals surface area contributed by atoms with Crippen molar-refractivity contribution in [1.29, 1.82) is 0 Å². The number of amides is 1. The maximum atomic E-state index is 11.3. The van der Waals surface area contributed by atoms with Gasteiger partial charge in [0.15, 0.2) is 0 Å². The molecule has 0 aliphatic carbocycles. The van der Waals surface area contributed by atoms with Crippen LogP contribution in [-0.4, -0.2) is 39.3 Å². The molecule has 0 saturated heterocycles.